The third-order valence-corrected chi connectivity index (χ3v) is 25.8. The highest BCUT2D eigenvalue weighted by Gasteiger charge is 2.70. The fourth-order valence-corrected chi connectivity index (χ4v) is 19.0. The van der Waals surface area contributed by atoms with E-state index in [9.17, 15) is 66.7 Å². The van der Waals surface area contributed by atoms with Gasteiger partial charge in [0, 0.05) is 87.3 Å². The van der Waals surface area contributed by atoms with Crippen molar-refractivity contribution in [2.45, 2.75) is 388 Å². The van der Waals surface area contributed by atoms with Crippen molar-refractivity contribution < 1.29 is 66.7 Å². The molecule has 10 N–H and O–H groups in total. The SMILES string of the molecule is CB(O)C1CCCN1C(=O)C(NC(C)C)C1(C(F)(F)F)CC1.CB(O)C1CCCN1C(=O)C(NC(C)C)C1(C)CCCC1.CB(O)C1CCCN1C(=O)C(NC(C)C)C1(C)CCCCC1.CC(C)NC(C(=O)N1CCCC1B(O)O)C1(C)CC1.CC(C)NC(C(=O)N1Cc2ccc(F)cc2C1)C1(C)CCCCC1. The molecular formula is C80H142B4F4N10O10. The first-order chi connectivity index (χ1) is 50.5. The molecule has 0 spiro atoms. The zero-order valence-electron chi connectivity index (χ0n) is 69.3. The Kier molecular flexibility index (Phi) is 33.4. The second kappa shape index (κ2) is 39.5. The Morgan fingerprint density at radius 1 is 0.398 bits per heavy atom. The van der Waals surface area contributed by atoms with E-state index in [1.54, 1.807) is 38.5 Å². The molecular weight excluding hydrogens is 1380 g/mol. The highest BCUT2D eigenvalue weighted by Crippen LogP contribution is 2.60. The normalized spacial score (nSPS) is 25.0. The van der Waals surface area contributed by atoms with Gasteiger partial charge in [0.15, 0.2) is 0 Å². The molecule has 4 saturated heterocycles. The lowest BCUT2D eigenvalue weighted by molar-refractivity contribution is -0.200. The zero-order valence-corrected chi connectivity index (χ0v) is 69.3. The maximum absolute atomic E-state index is 13.5. The van der Waals surface area contributed by atoms with Gasteiger partial charge < -0.3 is 76.2 Å². The van der Waals surface area contributed by atoms with Crippen LogP contribution in [0.25, 0.3) is 0 Å². The van der Waals surface area contributed by atoms with E-state index >= 15 is 0 Å². The van der Waals surface area contributed by atoms with Crippen LogP contribution in [0.2, 0.25) is 20.5 Å². The van der Waals surface area contributed by atoms with Crippen LogP contribution >= 0.6 is 0 Å². The summed E-state index contributed by atoms with van der Waals surface area (Å²) in [5, 5.41) is 65.3. The molecule has 0 radical (unpaired) electrons. The van der Waals surface area contributed by atoms with Gasteiger partial charge in [-0.25, -0.2) is 4.39 Å². The van der Waals surface area contributed by atoms with Crippen molar-refractivity contribution in [3.63, 3.8) is 0 Å². The third kappa shape index (κ3) is 23.4. The predicted molar refractivity (Wildman–Crippen MR) is 426 cm³/mol. The lowest BCUT2D eigenvalue weighted by atomic mass is 9.62. The van der Waals surface area contributed by atoms with Crippen molar-refractivity contribution in [1.82, 2.24) is 51.1 Å². The summed E-state index contributed by atoms with van der Waals surface area (Å²) in [5.74, 6) is -0.951. The number of nitrogens with zero attached hydrogens (tertiary/aromatic N) is 5. The van der Waals surface area contributed by atoms with Crippen molar-refractivity contribution in [1.29, 1.82) is 0 Å². The number of likely N-dealkylation sites (tertiary alicyclic amines) is 4. The van der Waals surface area contributed by atoms with Gasteiger partial charge in [0.1, 0.15) is 11.9 Å². The number of benzene rings is 1. The molecule has 5 heterocycles. The summed E-state index contributed by atoms with van der Waals surface area (Å²) in [6.45, 7) is 36.4. The Hall–Kier alpha value is -3.85. The highest BCUT2D eigenvalue weighted by molar-refractivity contribution is 6.51. The van der Waals surface area contributed by atoms with Gasteiger partial charge in [0.25, 0.3) is 0 Å². The summed E-state index contributed by atoms with van der Waals surface area (Å²) in [6.07, 6.45) is 21.0. The molecule has 5 aliphatic heterocycles. The molecule has 10 aliphatic rings. The Morgan fingerprint density at radius 3 is 0.972 bits per heavy atom. The molecule has 11 rings (SSSR count). The van der Waals surface area contributed by atoms with Gasteiger partial charge in [-0.05, 0) is 160 Å². The van der Waals surface area contributed by atoms with Crippen LogP contribution in [-0.2, 0) is 37.1 Å². The number of hydrogen-bond acceptors (Lipinski definition) is 15. The Bertz CT molecular complexity index is 3040. The fraction of sp³-hybridized carbons (Fsp3) is 0.863. The van der Waals surface area contributed by atoms with Crippen LogP contribution in [-0.4, -0.2) is 224 Å². The first kappa shape index (κ1) is 91.3. The van der Waals surface area contributed by atoms with Gasteiger partial charge in [-0.15, -0.1) is 0 Å². The average Bonchev–Trinajstić information content (AvgIpc) is 1.56. The Morgan fingerprint density at radius 2 is 0.676 bits per heavy atom. The summed E-state index contributed by atoms with van der Waals surface area (Å²) in [4.78, 5) is 74.1. The van der Waals surface area contributed by atoms with E-state index in [2.05, 4.69) is 95.8 Å². The van der Waals surface area contributed by atoms with Crippen molar-refractivity contribution >= 4 is 57.4 Å². The number of rotatable bonds is 24. The van der Waals surface area contributed by atoms with E-state index in [1.165, 1.54) is 62.3 Å². The molecule has 1 aromatic rings. The summed E-state index contributed by atoms with van der Waals surface area (Å²) in [7, 11) is -1.43. The average molecular weight is 1520 g/mol. The molecule has 5 amide bonds. The van der Waals surface area contributed by atoms with E-state index < -0.39 is 57.3 Å². The molecule has 20 nitrogen and oxygen atoms in total. The standard InChI is InChI=1S/C20H29FN2O.C17H33BN2O2.C16H31BN2O2.C14H24BF3N2O2.C13H25BN2O3/c1-14(2)22-18(20(3)9-5-4-6-10-20)19(24)23-12-15-7-8-17(21)11-16(15)13-23;1-13(2)19-15(17(3)10-6-5-7-11-17)16(21)20-12-8-9-14(20)18(4)22;1-12(2)18-14(16(3)9-5-6-10-16)15(20)19-11-7-8-13(19)17(4)21;1-9(2)19-11(13(6-7-13)14(16,17)18)12(21)20-8-4-5-10(20)15(3)22;1-9(2)15-11(13(3)6-7-13)12(17)16-8-4-5-10(16)14(18)19/h7-8,11,14,18,22H,4-6,9-10,12-13H2,1-3H3;13-15,19,22H,5-12H2,1-4H3;12-14,18,21H,5-11H2,1-4H3;9-11,19,22H,4-8H2,1-3H3;9-11,15,18-19H,4-8H2,1-3H3. The van der Waals surface area contributed by atoms with E-state index in [-0.39, 0.29) is 124 Å². The maximum atomic E-state index is 13.5. The van der Waals surface area contributed by atoms with Crippen LogP contribution in [0.4, 0.5) is 17.6 Å². The van der Waals surface area contributed by atoms with Crippen LogP contribution in [0.1, 0.15) is 275 Å². The van der Waals surface area contributed by atoms with Crippen molar-refractivity contribution in [2.75, 3.05) is 26.2 Å². The number of fused-ring (bicyclic) bond motifs is 1. The fourth-order valence-electron chi connectivity index (χ4n) is 19.0. The smallest absolute Gasteiger partial charge is 0.449 e. The molecule has 9 atom stereocenters. The summed E-state index contributed by atoms with van der Waals surface area (Å²) in [5.41, 5.74) is 0.232. The van der Waals surface area contributed by atoms with E-state index in [4.69, 9.17) is 0 Å². The minimum Gasteiger partial charge on any atom is -0.449 e. The van der Waals surface area contributed by atoms with Crippen LogP contribution in [0.5, 0.6) is 0 Å². The molecule has 1 aromatic carbocycles. The molecule has 9 fully saturated rings. The van der Waals surface area contributed by atoms with Gasteiger partial charge in [-0.1, -0.05) is 175 Å². The third-order valence-electron chi connectivity index (χ3n) is 25.8. The van der Waals surface area contributed by atoms with Gasteiger partial charge in [-0.3, -0.25) is 24.0 Å². The molecule has 5 aliphatic carbocycles. The molecule has 108 heavy (non-hydrogen) atoms. The van der Waals surface area contributed by atoms with Crippen LogP contribution < -0.4 is 26.6 Å². The highest BCUT2D eigenvalue weighted by atomic mass is 19.4. The van der Waals surface area contributed by atoms with Gasteiger partial charge in [0.2, 0.25) is 29.5 Å². The summed E-state index contributed by atoms with van der Waals surface area (Å²) in [6, 6.07) is 3.89. The number of hydrogen-bond donors (Lipinski definition) is 10. The molecule has 0 bridgehead atoms. The zero-order chi connectivity index (χ0) is 80.2. The van der Waals surface area contributed by atoms with Gasteiger partial charge in [0.05, 0.1) is 35.5 Å². The van der Waals surface area contributed by atoms with Crippen molar-refractivity contribution in [2.24, 2.45) is 27.1 Å². The minimum atomic E-state index is -4.39. The number of halogens is 4. The van der Waals surface area contributed by atoms with Gasteiger partial charge in [-0.2, -0.15) is 13.2 Å². The Labute approximate surface area is 648 Å². The molecule has 5 saturated carbocycles. The molecule has 28 heteroatoms. The van der Waals surface area contributed by atoms with Crippen LogP contribution in [0.15, 0.2) is 18.2 Å². The maximum Gasteiger partial charge on any atom is 0.475 e. The number of nitrogens with one attached hydrogen (secondary N) is 5. The van der Waals surface area contributed by atoms with Crippen molar-refractivity contribution in [3.05, 3.63) is 35.1 Å². The first-order valence-electron chi connectivity index (χ1n) is 42.1. The lowest BCUT2D eigenvalue weighted by Gasteiger charge is -2.43. The minimum absolute atomic E-state index is 0.000958. The number of carbonyl (C=O) groups is 5. The second-order valence-corrected chi connectivity index (χ2v) is 37.1. The summed E-state index contributed by atoms with van der Waals surface area (Å²) < 4.78 is 53.8. The Balaban J connectivity index is 0.000000188. The quantitative estimate of drug-likeness (QED) is 0.0341. The van der Waals surface area contributed by atoms with Crippen LogP contribution in [0, 0.1) is 32.9 Å². The van der Waals surface area contributed by atoms with E-state index in [0.717, 1.165) is 108 Å². The predicted octanol–water partition coefficient (Wildman–Crippen LogP) is 10.5. The second-order valence-electron chi connectivity index (χ2n) is 37.1. The van der Waals surface area contributed by atoms with E-state index in [0.29, 0.717) is 57.5 Å². The van der Waals surface area contributed by atoms with E-state index in [1.807, 2.05) is 41.4 Å². The molecule has 9 unspecified atom stereocenters. The van der Waals surface area contributed by atoms with Crippen molar-refractivity contribution in [3.8, 4) is 0 Å². The lowest BCUT2D eigenvalue weighted by Crippen LogP contribution is -2.59. The number of carbonyl (C=O) groups excluding carboxylic acids is 5. The van der Waals surface area contributed by atoms with Gasteiger partial charge >= 0.3 is 34.0 Å². The number of amides is 5. The largest absolute Gasteiger partial charge is 0.475 e. The van der Waals surface area contributed by atoms with Crippen LogP contribution in [0.3, 0.4) is 0 Å². The first-order valence-corrected chi connectivity index (χ1v) is 42.1. The topological polar surface area (TPSA) is 263 Å². The monoisotopic (exact) mass is 1520 g/mol. The number of alkyl halides is 3. The molecule has 612 valence electrons. The molecule has 0 aromatic heterocycles. The summed E-state index contributed by atoms with van der Waals surface area (Å²) >= 11 is 0.